The van der Waals surface area contributed by atoms with Gasteiger partial charge in [0.15, 0.2) is 0 Å². The van der Waals surface area contributed by atoms with Gasteiger partial charge in [0, 0.05) is 16.1 Å². The Kier molecular flexibility index (Phi) is 5.00. The molecule has 0 aliphatic rings. The lowest BCUT2D eigenvalue weighted by atomic mass is 10.2. The van der Waals surface area contributed by atoms with Gasteiger partial charge >= 0.3 is 0 Å². The van der Waals surface area contributed by atoms with Crippen LogP contribution in [-0.4, -0.2) is 17.6 Å². The highest BCUT2D eigenvalue weighted by atomic mass is 32.2. The summed E-state index contributed by atoms with van der Waals surface area (Å²) in [6, 6.07) is 14.2. The molecule has 0 saturated carbocycles. The molecule has 5 heteroatoms. The molecule has 0 unspecified atom stereocenters. The molecule has 0 atom stereocenters. The number of nitrogen functional groups attached to an aromatic ring is 1. The van der Waals surface area contributed by atoms with Crippen molar-refractivity contribution in [2.24, 2.45) is 0 Å². The zero-order chi connectivity index (χ0) is 15.2. The first kappa shape index (κ1) is 15.1. The number of anilines is 1. The highest BCUT2D eigenvalue weighted by Gasteiger charge is 2.11. The zero-order valence-electron chi connectivity index (χ0n) is 11.6. The molecule has 0 spiro atoms. The summed E-state index contributed by atoms with van der Waals surface area (Å²) in [5.41, 5.74) is 7.90. The Morgan fingerprint density at radius 1 is 1.14 bits per heavy atom. The van der Waals surface area contributed by atoms with Gasteiger partial charge in [-0.2, -0.15) is 0 Å². The monoisotopic (exact) mass is 300 g/mol. The Morgan fingerprint density at radius 3 is 2.57 bits per heavy atom. The fourth-order valence-corrected chi connectivity index (χ4v) is 2.61. The van der Waals surface area contributed by atoms with Gasteiger partial charge < -0.3 is 5.73 Å². The molecule has 0 radical (unpaired) electrons. The number of aryl methyl sites for hydroxylation is 1. The number of nitrogens with one attached hydrogen (secondary N) is 1. The van der Waals surface area contributed by atoms with Crippen LogP contribution in [0.2, 0.25) is 0 Å². The van der Waals surface area contributed by atoms with Crippen LogP contribution in [0.5, 0.6) is 0 Å². The van der Waals surface area contributed by atoms with E-state index in [2.05, 4.69) is 5.32 Å². The minimum absolute atomic E-state index is 0.170. The summed E-state index contributed by atoms with van der Waals surface area (Å²) in [7, 11) is 0. The number of amides is 2. The number of nitrogens with two attached hydrogens (primary N) is 1. The standard InChI is InChI=1S/C16H16N2O2S/c1-11-7-8-13(17)9-14(11)21-10-15(19)18-16(20)12-5-3-2-4-6-12/h2-9H,10,17H2,1H3,(H,18,19,20). The van der Waals surface area contributed by atoms with Crippen LogP contribution in [0.1, 0.15) is 15.9 Å². The molecule has 3 N–H and O–H groups in total. The summed E-state index contributed by atoms with van der Waals surface area (Å²) in [6.45, 7) is 1.95. The van der Waals surface area contributed by atoms with Gasteiger partial charge in [0.05, 0.1) is 5.75 Å². The molecule has 2 aromatic carbocycles. The predicted octanol–water partition coefficient (Wildman–Crippen LogP) is 2.63. The molecule has 21 heavy (non-hydrogen) atoms. The Labute approximate surface area is 127 Å². The lowest BCUT2D eigenvalue weighted by Gasteiger charge is -2.07. The van der Waals surface area contributed by atoms with E-state index in [9.17, 15) is 9.59 Å². The average Bonchev–Trinajstić information content (AvgIpc) is 2.49. The highest BCUT2D eigenvalue weighted by molar-refractivity contribution is 8.00. The molecule has 0 fully saturated rings. The van der Waals surface area contributed by atoms with Crippen molar-refractivity contribution in [1.29, 1.82) is 0 Å². The van der Waals surface area contributed by atoms with Crippen molar-refractivity contribution >= 4 is 29.3 Å². The molecule has 0 aromatic heterocycles. The lowest BCUT2D eigenvalue weighted by molar-refractivity contribution is -0.117. The van der Waals surface area contributed by atoms with Crippen LogP contribution in [0.15, 0.2) is 53.4 Å². The van der Waals surface area contributed by atoms with E-state index in [1.807, 2.05) is 31.2 Å². The molecule has 2 amide bonds. The van der Waals surface area contributed by atoms with Gasteiger partial charge in [-0.15, -0.1) is 11.8 Å². The van der Waals surface area contributed by atoms with E-state index in [-0.39, 0.29) is 17.6 Å². The van der Waals surface area contributed by atoms with E-state index >= 15 is 0 Å². The van der Waals surface area contributed by atoms with Crippen LogP contribution in [0.4, 0.5) is 5.69 Å². The van der Waals surface area contributed by atoms with Gasteiger partial charge in [-0.05, 0) is 36.8 Å². The van der Waals surface area contributed by atoms with Gasteiger partial charge in [-0.1, -0.05) is 24.3 Å². The second-order valence-corrected chi connectivity index (χ2v) is 5.57. The number of hydrogen-bond donors (Lipinski definition) is 2. The minimum Gasteiger partial charge on any atom is -0.399 e. The average molecular weight is 300 g/mol. The molecule has 2 rings (SSSR count). The van der Waals surface area contributed by atoms with Crippen LogP contribution in [0.3, 0.4) is 0 Å². The Morgan fingerprint density at radius 2 is 1.86 bits per heavy atom. The normalized spacial score (nSPS) is 10.1. The topological polar surface area (TPSA) is 72.2 Å². The van der Waals surface area contributed by atoms with E-state index in [1.165, 1.54) is 11.8 Å². The number of hydrogen-bond acceptors (Lipinski definition) is 4. The van der Waals surface area contributed by atoms with Crippen LogP contribution in [-0.2, 0) is 4.79 Å². The largest absolute Gasteiger partial charge is 0.399 e. The maximum absolute atomic E-state index is 11.8. The molecule has 4 nitrogen and oxygen atoms in total. The molecule has 2 aromatic rings. The number of rotatable bonds is 4. The van der Waals surface area contributed by atoms with E-state index < -0.39 is 0 Å². The quantitative estimate of drug-likeness (QED) is 0.672. The summed E-state index contributed by atoms with van der Waals surface area (Å²) in [4.78, 5) is 24.6. The molecular weight excluding hydrogens is 284 g/mol. The van der Waals surface area contributed by atoms with E-state index in [0.29, 0.717) is 11.3 Å². The van der Waals surface area contributed by atoms with Crippen molar-refractivity contribution in [3.8, 4) is 0 Å². The number of imide groups is 1. The summed E-state index contributed by atoms with van der Waals surface area (Å²) in [5.74, 6) is -0.538. The van der Waals surface area contributed by atoms with Crippen molar-refractivity contribution in [2.45, 2.75) is 11.8 Å². The smallest absolute Gasteiger partial charge is 0.257 e. The molecule has 0 aliphatic carbocycles. The highest BCUT2D eigenvalue weighted by Crippen LogP contribution is 2.24. The Hall–Kier alpha value is -2.27. The number of benzene rings is 2. The number of carbonyl (C=O) groups excluding carboxylic acids is 2. The van der Waals surface area contributed by atoms with Crippen molar-refractivity contribution in [3.63, 3.8) is 0 Å². The van der Waals surface area contributed by atoms with Crippen LogP contribution < -0.4 is 11.1 Å². The SMILES string of the molecule is Cc1ccc(N)cc1SCC(=O)NC(=O)c1ccccc1. The second-order valence-electron chi connectivity index (χ2n) is 4.56. The summed E-state index contributed by atoms with van der Waals surface area (Å²) in [6.07, 6.45) is 0. The van der Waals surface area contributed by atoms with Gasteiger partial charge in [0.1, 0.15) is 0 Å². The molecular formula is C16H16N2O2S. The third-order valence-corrected chi connectivity index (χ3v) is 4.02. The first-order valence-corrected chi connectivity index (χ1v) is 7.43. The van der Waals surface area contributed by atoms with Crippen molar-refractivity contribution < 1.29 is 9.59 Å². The first-order valence-electron chi connectivity index (χ1n) is 6.44. The van der Waals surface area contributed by atoms with Gasteiger partial charge in [0.25, 0.3) is 5.91 Å². The van der Waals surface area contributed by atoms with Gasteiger partial charge in [-0.3, -0.25) is 14.9 Å². The van der Waals surface area contributed by atoms with E-state index in [4.69, 9.17) is 5.73 Å². The Bertz CT molecular complexity index is 657. The molecule has 0 aliphatic heterocycles. The van der Waals surface area contributed by atoms with Crippen LogP contribution in [0.25, 0.3) is 0 Å². The van der Waals surface area contributed by atoms with Crippen molar-refractivity contribution in [2.75, 3.05) is 11.5 Å². The maximum Gasteiger partial charge on any atom is 0.257 e. The van der Waals surface area contributed by atoms with E-state index in [0.717, 1.165) is 10.5 Å². The summed E-state index contributed by atoms with van der Waals surface area (Å²) in [5, 5.41) is 2.37. The number of carbonyl (C=O) groups is 2. The maximum atomic E-state index is 11.8. The lowest BCUT2D eigenvalue weighted by Crippen LogP contribution is -2.31. The first-order chi connectivity index (χ1) is 10.1. The minimum atomic E-state index is -0.384. The zero-order valence-corrected chi connectivity index (χ0v) is 12.4. The summed E-state index contributed by atoms with van der Waals surface area (Å²) >= 11 is 1.36. The summed E-state index contributed by atoms with van der Waals surface area (Å²) < 4.78 is 0. The fourth-order valence-electron chi connectivity index (χ4n) is 1.74. The van der Waals surface area contributed by atoms with E-state index in [1.54, 1.807) is 24.3 Å². The molecule has 0 saturated heterocycles. The third-order valence-electron chi connectivity index (χ3n) is 2.86. The third kappa shape index (κ3) is 4.36. The Balaban J connectivity index is 1.91. The van der Waals surface area contributed by atoms with Gasteiger partial charge in [0.2, 0.25) is 5.91 Å². The van der Waals surface area contributed by atoms with Crippen molar-refractivity contribution in [3.05, 3.63) is 59.7 Å². The molecule has 108 valence electrons. The van der Waals surface area contributed by atoms with Crippen molar-refractivity contribution in [1.82, 2.24) is 5.32 Å². The van der Waals surface area contributed by atoms with Crippen LogP contribution >= 0.6 is 11.8 Å². The van der Waals surface area contributed by atoms with Crippen LogP contribution in [0, 0.1) is 6.92 Å². The predicted molar refractivity (Wildman–Crippen MR) is 85.2 cm³/mol. The van der Waals surface area contributed by atoms with Gasteiger partial charge in [-0.25, -0.2) is 0 Å². The number of thioether (sulfide) groups is 1. The molecule has 0 heterocycles. The molecule has 0 bridgehead atoms. The fraction of sp³-hybridized carbons (Fsp3) is 0.125. The second kappa shape index (κ2) is 6.95.